The van der Waals surface area contributed by atoms with Crippen molar-refractivity contribution in [2.24, 2.45) is 5.92 Å². The van der Waals surface area contributed by atoms with Crippen LogP contribution in [0.25, 0.3) is 10.9 Å². The molecular weight excluding hydrogens is 430 g/mol. The van der Waals surface area contributed by atoms with Crippen molar-refractivity contribution >= 4 is 40.8 Å². The predicted molar refractivity (Wildman–Crippen MR) is 126 cm³/mol. The molecule has 1 saturated carbocycles. The minimum Gasteiger partial charge on any atom is -0.382 e. The number of rotatable bonds is 6. The monoisotopic (exact) mass is 462 g/mol. The van der Waals surface area contributed by atoms with Gasteiger partial charge in [0.1, 0.15) is 17.8 Å². The van der Waals surface area contributed by atoms with Crippen molar-refractivity contribution in [3.8, 4) is 0 Å². The number of halogens is 3. The molecule has 9 heteroatoms. The normalized spacial score (nSPS) is 21.0. The first-order valence-corrected chi connectivity index (χ1v) is 10.6. The number of nitrogens with one attached hydrogen (secondary N) is 3. The first kappa shape index (κ1) is 26.7. The number of benzene rings is 1. The van der Waals surface area contributed by atoms with Gasteiger partial charge in [-0.25, -0.2) is 13.8 Å². The van der Waals surface area contributed by atoms with Gasteiger partial charge in [0.25, 0.3) is 5.56 Å². The van der Waals surface area contributed by atoms with Gasteiger partial charge in [-0.1, -0.05) is 21.3 Å². The molecule has 2 atom stereocenters. The maximum absolute atomic E-state index is 14.3. The Balaban J connectivity index is 0.00000150. The Labute approximate surface area is 187 Å². The van der Waals surface area contributed by atoms with Crippen molar-refractivity contribution in [2.75, 3.05) is 25.0 Å². The summed E-state index contributed by atoms with van der Waals surface area (Å²) in [6.07, 6.45) is 3.44. The fraction of sp³-hybridized carbons (Fsp3) is 0.619. The van der Waals surface area contributed by atoms with E-state index in [9.17, 15) is 13.6 Å². The summed E-state index contributed by atoms with van der Waals surface area (Å²) in [4.78, 5) is 19.5. The second kappa shape index (κ2) is 11.9. The molecule has 2 aliphatic rings. The van der Waals surface area contributed by atoms with Crippen LogP contribution in [-0.4, -0.2) is 41.0 Å². The minimum atomic E-state index is -0.896. The average molecular weight is 463 g/mol. The van der Waals surface area contributed by atoms with Crippen molar-refractivity contribution in [1.82, 2.24) is 15.3 Å². The number of hydrogen-bond donors (Lipinski definition) is 3. The zero-order valence-corrected chi connectivity index (χ0v) is 17.1. The highest BCUT2D eigenvalue weighted by Gasteiger charge is 2.25. The van der Waals surface area contributed by atoms with E-state index in [1.807, 2.05) is 0 Å². The van der Waals surface area contributed by atoms with Crippen molar-refractivity contribution < 1.29 is 8.78 Å². The average Bonchev–Trinajstić information content (AvgIpc) is 2.61. The quantitative estimate of drug-likeness (QED) is 0.569. The van der Waals surface area contributed by atoms with E-state index in [-0.39, 0.29) is 43.5 Å². The molecule has 1 aliphatic carbocycles. The van der Waals surface area contributed by atoms with E-state index in [1.165, 1.54) is 37.1 Å². The van der Waals surface area contributed by atoms with Crippen LogP contribution in [-0.2, 0) is 5.75 Å². The highest BCUT2D eigenvalue weighted by Crippen LogP contribution is 2.28. The third kappa shape index (κ3) is 6.08. The summed E-state index contributed by atoms with van der Waals surface area (Å²) >= 11 is 1.47. The summed E-state index contributed by atoms with van der Waals surface area (Å²) < 4.78 is 28.3. The number of hydrogen-bond acceptors (Lipinski definition) is 5. The fourth-order valence-corrected chi connectivity index (χ4v) is 4.63. The molecule has 0 bridgehead atoms. The van der Waals surface area contributed by atoms with E-state index in [0.717, 1.165) is 19.5 Å². The molecule has 0 unspecified atom stereocenters. The molecule has 170 valence electrons. The Morgan fingerprint density at radius 3 is 2.67 bits per heavy atom. The number of H-pyrrole nitrogens is 1. The highest BCUT2D eigenvalue weighted by molar-refractivity contribution is 7.99. The standard InChI is InChI=1S/C19H24F2N4OS.2CH4.ClH/c20-13-6-12-15(7-16(13)23-8-11-2-1-3-11)24-18(25-19(12)26)10-27-17-4-5-22-9-14(17)21;;;/h6-7,11,14,17,22-23H,1-5,8-10H2,(H,24,25,26);2*1H4;1H/t14-,17+;;;/m1.../s1. The van der Waals surface area contributed by atoms with Crippen LogP contribution in [0.5, 0.6) is 0 Å². The van der Waals surface area contributed by atoms with Crippen LogP contribution >= 0.6 is 24.2 Å². The summed E-state index contributed by atoms with van der Waals surface area (Å²) in [5.74, 6) is 1.09. The Kier molecular flexibility index (Phi) is 10.5. The molecule has 2 heterocycles. The molecule has 5 nitrogen and oxygen atoms in total. The van der Waals surface area contributed by atoms with Crippen LogP contribution < -0.4 is 16.2 Å². The van der Waals surface area contributed by atoms with E-state index in [4.69, 9.17) is 0 Å². The smallest absolute Gasteiger partial charge is 0.258 e. The van der Waals surface area contributed by atoms with Gasteiger partial charge in [0, 0.05) is 18.3 Å². The van der Waals surface area contributed by atoms with Gasteiger partial charge >= 0.3 is 0 Å². The van der Waals surface area contributed by atoms with E-state index in [2.05, 4.69) is 20.6 Å². The van der Waals surface area contributed by atoms with Gasteiger partial charge in [-0.15, -0.1) is 24.2 Å². The molecular formula is C21H33ClF2N4OS. The molecule has 1 aliphatic heterocycles. The van der Waals surface area contributed by atoms with Gasteiger partial charge in [0.15, 0.2) is 0 Å². The lowest BCUT2D eigenvalue weighted by atomic mass is 9.85. The Hall–Kier alpha value is -1.38. The molecule has 4 rings (SSSR count). The van der Waals surface area contributed by atoms with Gasteiger partial charge in [-0.2, -0.15) is 0 Å². The number of piperidine rings is 1. The lowest BCUT2D eigenvalue weighted by molar-refractivity contribution is 0.275. The lowest BCUT2D eigenvalue weighted by Gasteiger charge is -2.26. The maximum Gasteiger partial charge on any atom is 0.258 e. The zero-order valence-electron chi connectivity index (χ0n) is 15.5. The number of aromatic amines is 1. The molecule has 1 saturated heterocycles. The zero-order chi connectivity index (χ0) is 18.8. The second-order valence-electron chi connectivity index (χ2n) is 7.40. The first-order valence-electron chi connectivity index (χ1n) is 9.53. The molecule has 2 fully saturated rings. The largest absolute Gasteiger partial charge is 0.382 e. The molecule has 0 amide bonds. The summed E-state index contributed by atoms with van der Waals surface area (Å²) in [6, 6.07) is 2.85. The van der Waals surface area contributed by atoms with Crippen molar-refractivity contribution in [1.29, 1.82) is 0 Å². The van der Waals surface area contributed by atoms with Gasteiger partial charge in [-0.05, 0) is 43.9 Å². The number of aromatic nitrogens is 2. The van der Waals surface area contributed by atoms with E-state index in [0.29, 0.717) is 35.2 Å². The van der Waals surface area contributed by atoms with Crippen LogP contribution in [0.1, 0.15) is 46.4 Å². The second-order valence-corrected chi connectivity index (χ2v) is 8.63. The number of thioether (sulfide) groups is 1. The Morgan fingerprint density at radius 2 is 2.00 bits per heavy atom. The van der Waals surface area contributed by atoms with E-state index >= 15 is 0 Å². The molecule has 2 aromatic rings. The number of alkyl halides is 1. The van der Waals surface area contributed by atoms with Gasteiger partial charge in [-0.3, -0.25) is 4.79 Å². The first-order chi connectivity index (χ1) is 13.1. The number of fused-ring (bicyclic) bond motifs is 1. The Bertz CT molecular complexity index is 878. The molecule has 3 N–H and O–H groups in total. The highest BCUT2D eigenvalue weighted by atomic mass is 35.5. The van der Waals surface area contributed by atoms with Crippen LogP contribution in [0, 0.1) is 11.7 Å². The third-order valence-electron chi connectivity index (χ3n) is 5.43. The summed E-state index contributed by atoms with van der Waals surface area (Å²) in [6.45, 7) is 1.91. The number of nitrogens with zero attached hydrogens (tertiary/aromatic N) is 1. The Morgan fingerprint density at radius 1 is 1.23 bits per heavy atom. The molecule has 1 aromatic heterocycles. The van der Waals surface area contributed by atoms with Crippen LogP contribution in [0.3, 0.4) is 0 Å². The predicted octanol–water partition coefficient (Wildman–Crippen LogP) is 4.90. The van der Waals surface area contributed by atoms with E-state index < -0.39 is 12.0 Å². The van der Waals surface area contributed by atoms with Gasteiger partial charge in [0.05, 0.1) is 22.3 Å². The molecule has 0 radical (unpaired) electrons. The fourth-order valence-electron chi connectivity index (χ4n) is 3.53. The van der Waals surface area contributed by atoms with E-state index in [1.54, 1.807) is 6.07 Å². The lowest BCUT2D eigenvalue weighted by Crippen LogP contribution is -2.39. The maximum atomic E-state index is 14.3. The van der Waals surface area contributed by atoms with Crippen LogP contribution in [0.4, 0.5) is 14.5 Å². The van der Waals surface area contributed by atoms with Gasteiger partial charge in [0.2, 0.25) is 0 Å². The van der Waals surface area contributed by atoms with Gasteiger partial charge < -0.3 is 15.6 Å². The SMILES string of the molecule is C.C.Cl.O=c1[nH]c(CS[C@H]2CCNC[C@H]2F)nc2cc(NCC3CCC3)c(F)cc12. The topological polar surface area (TPSA) is 69.8 Å². The summed E-state index contributed by atoms with van der Waals surface area (Å²) in [7, 11) is 0. The van der Waals surface area contributed by atoms with Crippen molar-refractivity contribution in [2.45, 2.75) is 57.7 Å². The minimum absolute atomic E-state index is 0. The summed E-state index contributed by atoms with van der Waals surface area (Å²) in [5, 5.41) is 6.32. The molecule has 30 heavy (non-hydrogen) atoms. The van der Waals surface area contributed by atoms with Crippen molar-refractivity contribution in [3.63, 3.8) is 0 Å². The van der Waals surface area contributed by atoms with Crippen LogP contribution in [0.15, 0.2) is 16.9 Å². The van der Waals surface area contributed by atoms with Crippen molar-refractivity contribution in [3.05, 3.63) is 34.1 Å². The summed E-state index contributed by atoms with van der Waals surface area (Å²) in [5.41, 5.74) is 0.490. The van der Waals surface area contributed by atoms with Crippen LogP contribution in [0.2, 0.25) is 0 Å². The number of anilines is 1. The molecule has 0 spiro atoms. The third-order valence-corrected chi connectivity index (χ3v) is 6.83. The molecule has 1 aromatic carbocycles.